The molecule has 0 saturated carbocycles. The molecular formula is C16H20N2O2. The van der Waals surface area contributed by atoms with Gasteiger partial charge in [-0.1, -0.05) is 0 Å². The third-order valence-electron chi connectivity index (χ3n) is 5.03. The van der Waals surface area contributed by atoms with Crippen molar-refractivity contribution in [2.75, 3.05) is 27.3 Å². The molecule has 1 N–H and O–H groups in total. The van der Waals surface area contributed by atoms with E-state index in [0.717, 1.165) is 25.3 Å². The highest BCUT2D eigenvalue weighted by molar-refractivity contribution is 5.91. The highest BCUT2D eigenvalue weighted by atomic mass is 16.5. The minimum absolute atomic E-state index is 0.299. The number of benzene rings is 1. The van der Waals surface area contributed by atoms with Gasteiger partial charge in [0.05, 0.1) is 13.7 Å². The monoisotopic (exact) mass is 272 g/mol. The predicted octanol–water partition coefficient (Wildman–Crippen LogP) is 2.28. The Hall–Kier alpha value is -1.52. The summed E-state index contributed by atoms with van der Waals surface area (Å²) in [7, 11) is 3.93. The van der Waals surface area contributed by atoms with Crippen molar-refractivity contribution in [1.29, 1.82) is 0 Å². The average molecular weight is 272 g/mol. The minimum atomic E-state index is -0.299. The van der Waals surface area contributed by atoms with Crippen LogP contribution < -0.4 is 4.74 Å². The van der Waals surface area contributed by atoms with Crippen LogP contribution in [0.2, 0.25) is 0 Å². The third-order valence-corrected chi connectivity index (χ3v) is 5.03. The molecule has 1 aromatic heterocycles. The van der Waals surface area contributed by atoms with Crippen molar-refractivity contribution in [3.05, 3.63) is 29.5 Å². The number of aromatic nitrogens is 1. The Morgan fingerprint density at radius 3 is 3.10 bits per heavy atom. The molecule has 1 aromatic carbocycles. The number of fused-ring (bicyclic) bond motifs is 2. The zero-order valence-electron chi connectivity index (χ0n) is 12.2. The molecule has 4 heteroatoms. The van der Waals surface area contributed by atoms with E-state index in [-0.39, 0.29) is 5.60 Å². The summed E-state index contributed by atoms with van der Waals surface area (Å²) in [5.41, 5.74) is 3.45. The molecule has 2 heterocycles. The van der Waals surface area contributed by atoms with Crippen LogP contribution in [0.25, 0.3) is 10.9 Å². The molecule has 1 fully saturated rings. The van der Waals surface area contributed by atoms with Crippen LogP contribution in [0, 0.1) is 0 Å². The van der Waals surface area contributed by atoms with Crippen LogP contribution >= 0.6 is 0 Å². The second-order valence-corrected chi connectivity index (χ2v) is 6.04. The van der Waals surface area contributed by atoms with E-state index in [0.29, 0.717) is 6.04 Å². The number of likely N-dealkylation sites (N-methyl/N-ethyl adjacent to an activating group) is 1. The molecule has 0 unspecified atom stereocenters. The first-order valence-corrected chi connectivity index (χ1v) is 7.17. The molecule has 106 valence electrons. The smallest absolute Gasteiger partial charge is 0.125 e. The van der Waals surface area contributed by atoms with Crippen molar-refractivity contribution in [2.24, 2.45) is 0 Å². The van der Waals surface area contributed by atoms with E-state index in [2.05, 4.69) is 36.1 Å². The zero-order chi connectivity index (χ0) is 13.9. The molecule has 0 spiro atoms. The number of aromatic amines is 1. The highest BCUT2D eigenvalue weighted by Gasteiger charge is 2.48. The lowest BCUT2D eigenvalue weighted by molar-refractivity contribution is -0.138. The van der Waals surface area contributed by atoms with E-state index in [9.17, 15) is 0 Å². The second-order valence-electron chi connectivity index (χ2n) is 6.04. The Labute approximate surface area is 118 Å². The standard InChI is InChI=1S/C16H20N2O2/c1-16-13(18(2)6-7-20-16)8-10-9-17-11-4-5-12(19-3)15(16)14(10)11/h4-5,9,13,17H,6-8H2,1-3H3/t13-,16+/m1/s1. The van der Waals surface area contributed by atoms with E-state index in [4.69, 9.17) is 9.47 Å². The first kappa shape index (κ1) is 12.2. The number of morpholine rings is 1. The van der Waals surface area contributed by atoms with Crippen molar-refractivity contribution in [3.63, 3.8) is 0 Å². The van der Waals surface area contributed by atoms with Crippen LogP contribution in [0.3, 0.4) is 0 Å². The van der Waals surface area contributed by atoms with E-state index in [1.807, 2.05) is 6.07 Å². The van der Waals surface area contributed by atoms with E-state index in [1.54, 1.807) is 7.11 Å². The molecule has 1 aliphatic heterocycles. The van der Waals surface area contributed by atoms with Crippen LogP contribution in [-0.2, 0) is 16.8 Å². The molecule has 2 aromatic rings. The maximum Gasteiger partial charge on any atom is 0.125 e. The molecule has 1 saturated heterocycles. The summed E-state index contributed by atoms with van der Waals surface area (Å²) in [5, 5.41) is 1.29. The molecule has 1 aliphatic carbocycles. The predicted molar refractivity (Wildman–Crippen MR) is 78.3 cm³/mol. The van der Waals surface area contributed by atoms with Crippen molar-refractivity contribution in [3.8, 4) is 5.75 Å². The normalized spacial score (nSPS) is 29.4. The Morgan fingerprint density at radius 1 is 1.45 bits per heavy atom. The molecular weight excluding hydrogens is 252 g/mol. The topological polar surface area (TPSA) is 37.5 Å². The van der Waals surface area contributed by atoms with Crippen LogP contribution in [-0.4, -0.2) is 43.2 Å². The SMILES string of the molecule is COc1ccc2[nH]cc3c2c1[C@@]1(C)OCCN(C)[C@@H]1C3. The van der Waals surface area contributed by atoms with Gasteiger partial charge < -0.3 is 14.5 Å². The number of H-pyrrole nitrogens is 1. The van der Waals surface area contributed by atoms with Gasteiger partial charge in [-0.05, 0) is 38.1 Å². The van der Waals surface area contributed by atoms with Gasteiger partial charge in [0.1, 0.15) is 11.4 Å². The zero-order valence-corrected chi connectivity index (χ0v) is 12.2. The number of methoxy groups -OCH3 is 1. The first-order valence-electron chi connectivity index (χ1n) is 7.17. The number of rotatable bonds is 1. The Morgan fingerprint density at radius 2 is 2.30 bits per heavy atom. The van der Waals surface area contributed by atoms with Gasteiger partial charge in [0.2, 0.25) is 0 Å². The number of hydrogen-bond donors (Lipinski definition) is 1. The quantitative estimate of drug-likeness (QED) is 0.865. The first-order chi connectivity index (χ1) is 9.65. The second kappa shape index (κ2) is 3.99. The van der Waals surface area contributed by atoms with Crippen molar-refractivity contribution >= 4 is 10.9 Å². The number of nitrogens with one attached hydrogen (secondary N) is 1. The number of nitrogens with zero attached hydrogens (tertiary/aromatic N) is 1. The summed E-state index contributed by atoms with van der Waals surface area (Å²) in [6, 6.07) is 4.50. The molecule has 20 heavy (non-hydrogen) atoms. The highest BCUT2D eigenvalue weighted by Crippen LogP contribution is 2.48. The molecule has 2 atom stereocenters. The minimum Gasteiger partial charge on any atom is -0.496 e. The van der Waals surface area contributed by atoms with E-state index < -0.39 is 0 Å². The molecule has 0 bridgehead atoms. The molecule has 4 rings (SSSR count). The fourth-order valence-electron chi connectivity index (χ4n) is 3.97. The van der Waals surface area contributed by atoms with Gasteiger partial charge >= 0.3 is 0 Å². The average Bonchev–Trinajstić information content (AvgIpc) is 2.85. The van der Waals surface area contributed by atoms with Gasteiger partial charge in [-0.3, -0.25) is 4.90 Å². The summed E-state index contributed by atoms with van der Waals surface area (Å²) in [6.45, 7) is 3.96. The number of ether oxygens (including phenoxy) is 2. The summed E-state index contributed by atoms with van der Waals surface area (Å²) >= 11 is 0. The van der Waals surface area contributed by atoms with Crippen LogP contribution in [0.1, 0.15) is 18.1 Å². The summed E-state index contributed by atoms with van der Waals surface area (Å²) < 4.78 is 11.9. The van der Waals surface area contributed by atoms with E-state index in [1.165, 1.54) is 22.0 Å². The van der Waals surface area contributed by atoms with Gasteiger partial charge in [-0.25, -0.2) is 0 Å². The van der Waals surface area contributed by atoms with Gasteiger partial charge in [0.25, 0.3) is 0 Å². The Bertz CT molecular complexity index is 678. The summed E-state index contributed by atoms with van der Waals surface area (Å²) in [6.07, 6.45) is 3.16. The van der Waals surface area contributed by atoms with Crippen molar-refractivity contribution in [1.82, 2.24) is 9.88 Å². The maximum atomic E-state index is 6.26. The molecule has 4 nitrogen and oxygen atoms in total. The Balaban J connectivity index is 2.05. The molecule has 2 aliphatic rings. The van der Waals surface area contributed by atoms with Crippen LogP contribution in [0.15, 0.2) is 18.3 Å². The Kier molecular flexibility index (Phi) is 2.44. The lowest BCUT2D eigenvalue weighted by Crippen LogP contribution is -2.57. The molecule has 0 amide bonds. The van der Waals surface area contributed by atoms with Gasteiger partial charge in [0, 0.05) is 35.2 Å². The van der Waals surface area contributed by atoms with Crippen LogP contribution in [0.5, 0.6) is 5.75 Å². The lowest BCUT2D eigenvalue weighted by Gasteiger charge is -2.49. The van der Waals surface area contributed by atoms with Crippen LogP contribution in [0.4, 0.5) is 0 Å². The van der Waals surface area contributed by atoms with Crippen molar-refractivity contribution in [2.45, 2.75) is 25.0 Å². The van der Waals surface area contributed by atoms with E-state index >= 15 is 0 Å². The lowest BCUT2D eigenvalue weighted by atomic mass is 9.75. The number of hydrogen-bond acceptors (Lipinski definition) is 3. The fraction of sp³-hybridized carbons (Fsp3) is 0.500. The summed E-state index contributed by atoms with van der Waals surface area (Å²) in [4.78, 5) is 5.80. The van der Waals surface area contributed by atoms with Gasteiger partial charge in [-0.2, -0.15) is 0 Å². The van der Waals surface area contributed by atoms with Gasteiger partial charge in [0.15, 0.2) is 0 Å². The fourth-order valence-corrected chi connectivity index (χ4v) is 3.97. The van der Waals surface area contributed by atoms with Gasteiger partial charge in [-0.15, -0.1) is 0 Å². The van der Waals surface area contributed by atoms with Crippen molar-refractivity contribution < 1.29 is 9.47 Å². The summed E-state index contributed by atoms with van der Waals surface area (Å²) in [5.74, 6) is 0.931. The maximum absolute atomic E-state index is 6.26. The molecule has 0 radical (unpaired) electrons. The third kappa shape index (κ3) is 1.38. The largest absolute Gasteiger partial charge is 0.496 e.